The molecule has 1 unspecified atom stereocenters. The molecule has 0 fully saturated rings. The number of ether oxygens (including phenoxy) is 1. The Bertz CT molecular complexity index is 760. The van der Waals surface area contributed by atoms with Gasteiger partial charge in [-0.1, -0.05) is 12.1 Å². The number of carbonyl (C=O) groups is 2. The van der Waals surface area contributed by atoms with Crippen LogP contribution in [0.5, 0.6) is 5.75 Å². The molecule has 7 heteroatoms. The van der Waals surface area contributed by atoms with Crippen molar-refractivity contribution < 1.29 is 14.3 Å². The van der Waals surface area contributed by atoms with E-state index in [0.717, 1.165) is 11.3 Å². The van der Waals surface area contributed by atoms with Gasteiger partial charge in [-0.05, 0) is 56.1 Å². The monoisotopic (exact) mass is 356 g/mol. The fourth-order valence-electron chi connectivity index (χ4n) is 2.59. The van der Waals surface area contributed by atoms with Crippen LogP contribution in [0.25, 0.3) is 0 Å². The Labute approximate surface area is 153 Å². The third kappa shape index (κ3) is 5.22. The zero-order valence-electron chi connectivity index (χ0n) is 15.2. The van der Waals surface area contributed by atoms with Gasteiger partial charge in [-0.2, -0.15) is 0 Å². The van der Waals surface area contributed by atoms with Crippen molar-refractivity contribution in [1.29, 1.82) is 0 Å². The lowest BCUT2D eigenvalue weighted by Gasteiger charge is -2.25. The number of methoxy groups -OCH3 is 1. The normalized spacial score (nSPS) is 11.7. The number of benzene rings is 2. The van der Waals surface area contributed by atoms with Crippen LogP contribution in [0.3, 0.4) is 0 Å². The predicted molar refractivity (Wildman–Crippen MR) is 101 cm³/mol. The summed E-state index contributed by atoms with van der Waals surface area (Å²) in [5.41, 5.74) is 7.16. The maximum Gasteiger partial charge on any atom is 0.316 e. The Balaban J connectivity index is 2.04. The zero-order valence-corrected chi connectivity index (χ0v) is 15.2. The van der Waals surface area contributed by atoms with E-state index < -0.39 is 6.03 Å². The Hall–Kier alpha value is -3.06. The van der Waals surface area contributed by atoms with Crippen molar-refractivity contribution in [3.63, 3.8) is 0 Å². The van der Waals surface area contributed by atoms with Gasteiger partial charge in [0.1, 0.15) is 5.75 Å². The second-order valence-electron chi connectivity index (χ2n) is 6.03. The molecule has 26 heavy (non-hydrogen) atoms. The van der Waals surface area contributed by atoms with Gasteiger partial charge in [-0.3, -0.25) is 4.79 Å². The minimum atomic E-state index is -0.644. The molecule has 138 valence electrons. The van der Waals surface area contributed by atoms with Gasteiger partial charge in [-0.25, -0.2) is 4.79 Å². The summed E-state index contributed by atoms with van der Waals surface area (Å²) in [5, 5.41) is 5.40. The summed E-state index contributed by atoms with van der Waals surface area (Å²) in [4.78, 5) is 25.3. The van der Waals surface area contributed by atoms with Gasteiger partial charge in [0.15, 0.2) is 0 Å². The molecule has 0 aliphatic carbocycles. The highest BCUT2D eigenvalue weighted by Crippen LogP contribution is 2.22. The van der Waals surface area contributed by atoms with Gasteiger partial charge in [0, 0.05) is 17.8 Å². The van der Waals surface area contributed by atoms with Gasteiger partial charge >= 0.3 is 6.03 Å². The number of anilines is 1. The number of hydrogen-bond acceptors (Lipinski definition) is 4. The third-order valence-corrected chi connectivity index (χ3v) is 3.97. The SMILES string of the molecule is COc1cccc(C(CNC(=O)c2ccc(NC(N)=O)cc2)N(C)C)c1. The zero-order chi connectivity index (χ0) is 19.1. The standard InChI is InChI=1S/C19H24N4O3/c1-23(2)17(14-5-4-6-16(11-14)26-3)12-21-18(24)13-7-9-15(10-8-13)22-19(20)25/h4-11,17H,12H2,1-3H3,(H,21,24)(H3,20,22,25). The number of urea groups is 1. The second-order valence-corrected chi connectivity index (χ2v) is 6.03. The maximum absolute atomic E-state index is 12.4. The largest absolute Gasteiger partial charge is 0.497 e. The van der Waals surface area contributed by atoms with E-state index >= 15 is 0 Å². The number of carbonyl (C=O) groups excluding carboxylic acids is 2. The summed E-state index contributed by atoms with van der Waals surface area (Å²) in [6.45, 7) is 0.445. The molecule has 4 N–H and O–H groups in total. The molecule has 0 aliphatic rings. The molecule has 0 spiro atoms. The molecular weight excluding hydrogens is 332 g/mol. The fraction of sp³-hybridized carbons (Fsp3) is 0.263. The lowest BCUT2D eigenvalue weighted by molar-refractivity contribution is 0.0942. The first-order chi connectivity index (χ1) is 12.4. The average molecular weight is 356 g/mol. The quantitative estimate of drug-likeness (QED) is 0.709. The van der Waals surface area contributed by atoms with Crippen LogP contribution in [0, 0.1) is 0 Å². The fourth-order valence-corrected chi connectivity index (χ4v) is 2.59. The Morgan fingerprint density at radius 3 is 2.42 bits per heavy atom. The highest BCUT2D eigenvalue weighted by Gasteiger charge is 2.16. The van der Waals surface area contributed by atoms with E-state index in [2.05, 4.69) is 10.6 Å². The van der Waals surface area contributed by atoms with E-state index in [9.17, 15) is 9.59 Å². The lowest BCUT2D eigenvalue weighted by Crippen LogP contribution is -2.34. The van der Waals surface area contributed by atoms with Crippen LogP contribution in [0.15, 0.2) is 48.5 Å². The Kier molecular flexibility index (Phi) is 6.57. The molecule has 7 nitrogen and oxygen atoms in total. The predicted octanol–water partition coefficient (Wildman–Crippen LogP) is 2.22. The Morgan fingerprint density at radius 1 is 1.15 bits per heavy atom. The van der Waals surface area contributed by atoms with E-state index in [0.29, 0.717) is 17.8 Å². The van der Waals surface area contributed by atoms with Crippen LogP contribution in [0.1, 0.15) is 22.0 Å². The number of amides is 3. The van der Waals surface area contributed by atoms with E-state index in [1.807, 2.05) is 43.3 Å². The number of nitrogens with two attached hydrogens (primary N) is 1. The minimum Gasteiger partial charge on any atom is -0.497 e. The van der Waals surface area contributed by atoms with E-state index in [-0.39, 0.29) is 11.9 Å². The lowest BCUT2D eigenvalue weighted by atomic mass is 10.1. The van der Waals surface area contributed by atoms with E-state index in [1.54, 1.807) is 31.4 Å². The van der Waals surface area contributed by atoms with Crippen LogP contribution in [-0.4, -0.2) is 44.6 Å². The van der Waals surface area contributed by atoms with Crippen LogP contribution in [-0.2, 0) is 0 Å². The molecule has 0 aliphatic heterocycles. The van der Waals surface area contributed by atoms with Gasteiger partial charge in [0.2, 0.25) is 0 Å². The summed E-state index contributed by atoms with van der Waals surface area (Å²) >= 11 is 0. The number of primary amides is 1. The first kappa shape index (κ1) is 19.3. The molecule has 0 saturated heterocycles. The molecule has 0 saturated carbocycles. The first-order valence-electron chi connectivity index (χ1n) is 8.16. The summed E-state index contributed by atoms with van der Waals surface area (Å²) in [6.07, 6.45) is 0. The maximum atomic E-state index is 12.4. The molecule has 2 aromatic carbocycles. The van der Waals surface area contributed by atoms with Crippen molar-refractivity contribution in [1.82, 2.24) is 10.2 Å². The first-order valence-corrected chi connectivity index (χ1v) is 8.16. The summed E-state index contributed by atoms with van der Waals surface area (Å²) < 4.78 is 5.27. The number of likely N-dealkylation sites (N-methyl/N-ethyl adjacent to an activating group) is 1. The van der Waals surface area contributed by atoms with Gasteiger partial charge in [0.25, 0.3) is 5.91 Å². The molecule has 0 heterocycles. The number of rotatable bonds is 7. The smallest absolute Gasteiger partial charge is 0.316 e. The van der Waals surface area contributed by atoms with Crippen LogP contribution < -0.4 is 21.1 Å². The van der Waals surface area contributed by atoms with Crippen molar-refractivity contribution in [3.8, 4) is 5.75 Å². The van der Waals surface area contributed by atoms with Crippen LogP contribution in [0.2, 0.25) is 0 Å². The molecule has 0 bridgehead atoms. The number of hydrogen-bond donors (Lipinski definition) is 3. The number of nitrogens with one attached hydrogen (secondary N) is 2. The minimum absolute atomic E-state index is 0.00449. The number of nitrogens with zero attached hydrogens (tertiary/aromatic N) is 1. The molecule has 2 aromatic rings. The summed E-state index contributed by atoms with van der Waals surface area (Å²) in [5.74, 6) is 0.587. The highest BCUT2D eigenvalue weighted by molar-refractivity contribution is 5.95. The van der Waals surface area contributed by atoms with Crippen LogP contribution >= 0.6 is 0 Å². The van der Waals surface area contributed by atoms with Crippen molar-refractivity contribution in [2.75, 3.05) is 33.1 Å². The molecule has 0 aromatic heterocycles. The van der Waals surface area contributed by atoms with Gasteiger partial charge in [-0.15, -0.1) is 0 Å². The topological polar surface area (TPSA) is 96.7 Å². The van der Waals surface area contributed by atoms with Gasteiger partial charge in [0.05, 0.1) is 13.2 Å². The molecular formula is C19H24N4O3. The molecule has 3 amide bonds. The van der Waals surface area contributed by atoms with Crippen molar-refractivity contribution in [2.24, 2.45) is 5.73 Å². The molecule has 0 radical (unpaired) electrons. The van der Waals surface area contributed by atoms with Crippen molar-refractivity contribution in [2.45, 2.75) is 6.04 Å². The average Bonchev–Trinajstić information content (AvgIpc) is 2.61. The van der Waals surface area contributed by atoms with Crippen molar-refractivity contribution >= 4 is 17.6 Å². The van der Waals surface area contributed by atoms with Crippen LogP contribution in [0.4, 0.5) is 10.5 Å². The molecule has 1 atom stereocenters. The van der Waals surface area contributed by atoms with E-state index in [1.165, 1.54) is 0 Å². The van der Waals surface area contributed by atoms with Crippen molar-refractivity contribution in [3.05, 3.63) is 59.7 Å². The third-order valence-electron chi connectivity index (χ3n) is 3.97. The summed E-state index contributed by atoms with van der Waals surface area (Å²) in [7, 11) is 5.55. The summed E-state index contributed by atoms with van der Waals surface area (Å²) in [6, 6.07) is 13.7. The second kappa shape index (κ2) is 8.87. The highest BCUT2D eigenvalue weighted by atomic mass is 16.5. The molecule has 2 rings (SSSR count). The Morgan fingerprint density at radius 2 is 1.85 bits per heavy atom. The van der Waals surface area contributed by atoms with E-state index in [4.69, 9.17) is 10.5 Å². The van der Waals surface area contributed by atoms with Gasteiger partial charge < -0.3 is 26.0 Å².